The van der Waals surface area contributed by atoms with E-state index in [0.29, 0.717) is 10.0 Å². The number of hydrogen-bond acceptors (Lipinski definition) is 2. The molecule has 0 fully saturated rings. The molecule has 0 aliphatic carbocycles. The zero-order valence-corrected chi connectivity index (χ0v) is 8.20. The molecule has 0 aromatic carbocycles. The standard InChI is InChI=1S/C6HBrCl2N2/c7-4-1-3(2-10)5(8)11-6(4)9/h1H. The Kier molecular flexibility index (Phi) is 2.72. The lowest BCUT2D eigenvalue weighted by molar-refractivity contribution is 1.28. The highest BCUT2D eigenvalue weighted by molar-refractivity contribution is 9.10. The summed E-state index contributed by atoms with van der Waals surface area (Å²) in [6.45, 7) is 0. The first-order chi connectivity index (χ1) is 5.15. The third kappa shape index (κ3) is 1.84. The average molecular weight is 252 g/mol. The van der Waals surface area contributed by atoms with Crippen molar-refractivity contribution in [3.8, 4) is 6.07 Å². The SMILES string of the molecule is N#Cc1cc(Br)c(Cl)nc1Cl. The first-order valence-corrected chi connectivity index (χ1v) is 4.11. The van der Waals surface area contributed by atoms with Gasteiger partial charge in [0.05, 0.1) is 10.0 Å². The number of hydrogen-bond donors (Lipinski definition) is 0. The Morgan fingerprint density at radius 1 is 1.45 bits per heavy atom. The summed E-state index contributed by atoms with van der Waals surface area (Å²) < 4.78 is 0.570. The molecule has 0 aliphatic rings. The number of rotatable bonds is 0. The lowest BCUT2D eigenvalue weighted by Gasteiger charge is -1.96. The van der Waals surface area contributed by atoms with E-state index in [9.17, 15) is 0 Å². The molecule has 2 nitrogen and oxygen atoms in total. The number of aromatic nitrogens is 1. The van der Waals surface area contributed by atoms with Crippen molar-refractivity contribution in [3.63, 3.8) is 0 Å². The van der Waals surface area contributed by atoms with Crippen molar-refractivity contribution in [2.24, 2.45) is 0 Å². The lowest BCUT2D eigenvalue weighted by atomic mass is 10.3. The second-order valence-corrected chi connectivity index (χ2v) is 3.28. The zero-order chi connectivity index (χ0) is 8.43. The number of nitriles is 1. The Morgan fingerprint density at radius 3 is 2.64 bits per heavy atom. The molecule has 5 heteroatoms. The van der Waals surface area contributed by atoms with Gasteiger partial charge in [0, 0.05) is 0 Å². The fraction of sp³-hybridized carbons (Fsp3) is 0. The van der Waals surface area contributed by atoms with Crippen LogP contribution in [0.5, 0.6) is 0 Å². The van der Waals surface area contributed by atoms with Gasteiger partial charge in [0.2, 0.25) is 0 Å². The Hall–Kier alpha value is -0.300. The molecule has 0 atom stereocenters. The smallest absolute Gasteiger partial charge is 0.148 e. The van der Waals surface area contributed by atoms with Crippen LogP contribution in [0.15, 0.2) is 10.5 Å². The second-order valence-electron chi connectivity index (χ2n) is 1.71. The van der Waals surface area contributed by atoms with Gasteiger partial charge in [0.15, 0.2) is 0 Å². The van der Waals surface area contributed by atoms with Gasteiger partial charge in [0.25, 0.3) is 0 Å². The quantitative estimate of drug-likeness (QED) is 0.665. The van der Waals surface area contributed by atoms with Crippen LogP contribution < -0.4 is 0 Å². The average Bonchev–Trinajstić information content (AvgIpc) is 1.97. The maximum absolute atomic E-state index is 8.50. The second kappa shape index (κ2) is 3.40. The molecule has 56 valence electrons. The van der Waals surface area contributed by atoms with E-state index in [1.54, 1.807) is 0 Å². The van der Waals surface area contributed by atoms with Crippen molar-refractivity contribution < 1.29 is 0 Å². The van der Waals surface area contributed by atoms with E-state index in [0.717, 1.165) is 0 Å². The van der Waals surface area contributed by atoms with Crippen LogP contribution in [-0.4, -0.2) is 4.98 Å². The zero-order valence-electron chi connectivity index (χ0n) is 5.11. The van der Waals surface area contributed by atoms with Gasteiger partial charge in [-0.3, -0.25) is 0 Å². The van der Waals surface area contributed by atoms with Crippen molar-refractivity contribution in [2.45, 2.75) is 0 Å². The molecule has 1 rings (SSSR count). The monoisotopic (exact) mass is 250 g/mol. The Balaban J connectivity index is 3.35. The lowest BCUT2D eigenvalue weighted by Crippen LogP contribution is -1.84. The van der Waals surface area contributed by atoms with E-state index < -0.39 is 0 Å². The van der Waals surface area contributed by atoms with Crippen LogP contribution in [0.25, 0.3) is 0 Å². The van der Waals surface area contributed by atoms with Gasteiger partial charge in [-0.2, -0.15) is 5.26 Å². The van der Waals surface area contributed by atoms with E-state index >= 15 is 0 Å². The summed E-state index contributed by atoms with van der Waals surface area (Å²) in [5.41, 5.74) is 0.308. The predicted molar refractivity (Wildman–Crippen MR) is 46.7 cm³/mol. The molecule has 1 aromatic rings. The van der Waals surface area contributed by atoms with E-state index in [1.807, 2.05) is 6.07 Å². The fourth-order valence-corrected chi connectivity index (χ4v) is 1.21. The van der Waals surface area contributed by atoms with Crippen LogP contribution in [0.2, 0.25) is 10.3 Å². The van der Waals surface area contributed by atoms with E-state index in [4.69, 9.17) is 28.5 Å². The summed E-state index contributed by atoms with van der Waals surface area (Å²) in [4.78, 5) is 3.71. The maximum atomic E-state index is 8.50. The minimum Gasteiger partial charge on any atom is -0.222 e. The van der Waals surface area contributed by atoms with Crippen molar-refractivity contribution >= 4 is 39.1 Å². The molecular weight excluding hydrogens is 251 g/mol. The van der Waals surface area contributed by atoms with E-state index in [2.05, 4.69) is 20.9 Å². The van der Waals surface area contributed by atoms with Gasteiger partial charge in [-0.15, -0.1) is 0 Å². The molecule has 0 radical (unpaired) electrons. The van der Waals surface area contributed by atoms with Gasteiger partial charge in [-0.1, -0.05) is 23.2 Å². The van der Waals surface area contributed by atoms with Crippen molar-refractivity contribution in [3.05, 3.63) is 26.4 Å². The third-order valence-corrected chi connectivity index (χ3v) is 2.42. The molecule has 0 unspecified atom stereocenters. The highest BCUT2D eigenvalue weighted by Crippen LogP contribution is 2.24. The molecule has 0 bridgehead atoms. The Labute approximate surface area is 81.9 Å². The molecule has 0 spiro atoms. The first kappa shape index (κ1) is 8.79. The van der Waals surface area contributed by atoms with Crippen LogP contribution in [0.3, 0.4) is 0 Å². The van der Waals surface area contributed by atoms with Crippen molar-refractivity contribution in [2.75, 3.05) is 0 Å². The largest absolute Gasteiger partial charge is 0.222 e. The van der Waals surface area contributed by atoms with Crippen LogP contribution in [0.1, 0.15) is 5.56 Å². The van der Waals surface area contributed by atoms with Crippen LogP contribution in [0, 0.1) is 11.3 Å². The molecule has 0 saturated carbocycles. The first-order valence-electron chi connectivity index (χ1n) is 2.57. The summed E-state index contributed by atoms with van der Waals surface area (Å²) in [6, 6.07) is 3.41. The van der Waals surface area contributed by atoms with Crippen LogP contribution in [0.4, 0.5) is 0 Å². The number of halogens is 3. The summed E-state index contributed by atoms with van der Waals surface area (Å²) in [5.74, 6) is 0. The van der Waals surface area contributed by atoms with Gasteiger partial charge in [-0.25, -0.2) is 4.98 Å². The molecular formula is C6HBrCl2N2. The molecule has 0 N–H and O–H groups in total. The minimum atomic E-state index is 0.126. The van der Waals surface area contributed by atoms with Gasteiger partial charge in [-0.05, 0) is 22.0 Å². The summed E-state index contributed by atoms with van der Waals surface area (Å²) in [5, 5.41) is 8.88. The Bertz CT molecular complexity index is 332. The molecule has 1 aromatic heterocycles. The minimum absolute atomic E-state index is 0.126. The third-order valence-electron chi connectivity index (χ3n) is 1.01. The van der Waals surface area contributed by atoms with Crippen molar-refractivity contribution in [1.82, 2.24) is 4.98 Å². The predicted octanol–water partition coefficient (Wildman–Crippen LogP) is 3.02. The van der Waals surface area contributed by atoms with Gasteiger partial charge >= 0.3 is 0 Å². The molecule has 11 heavy (non-hydrogen) atoms. The fourth-order valence-electron chi connectivity index (χ4n) is 0.524. The van der Waals surface area contributed by atoms with Gasteiger partial charge in [0.1, 0.15) is 16.4 Å². The highest BCUT2D eigenvalue weighted by atomic mass is 79.9. The summed E-state index contributed by atoms with van der Waals surface area (Å²) >= 11 is 14.3. The highest BCUT2D eigenvalue weighted by Gasteiger charge is 2.05. The maximum Gasteiger partial charge on any atom is 0.148 e. The van der Waals surface area contributed by atoms with E-state index in [1.165, 1.54) is 6.07 Å². The summed E-state index contributed by atoms with van der Waals surface area (Å²) in [7, 11) is 0. The van der Waals surface area contributed by atoms with Crippen LogP contribution in [-0.2, 0) is 0 Å². The number of pyridine rings is 1. The normalized spacial score (nSPS) is 9.27. The van der Waals surface area contributed by atoms with Crippen molar-refractivity contribution in [1.29, 1.82) is 5.26 Å². The Morgan fingerprint density at radius 2 is 2.09 bits per heavy atom. The molecule has 0 amide bonds. The molecule has 0 saturated heterocycles. The van der Waals surface area contributed by atoms with Crippen LogP contribution >= 0.6 is 39.1 Å². The van der Waals surface area contributed by atoms with Gasteiger partial charge < -0.3 is 0 Å². The van der Waals surface area contributed by atoms with E-state index in [-0.39, 0.29) is 10.3 Å². The summed E-state index contributed by atoms with van der Waals surface area (Å²) in [6.07, 6.45) is 0. The molecule has 0 aliphatic heterocycles. The number of nitrogens with zero attached hydrogens (tertiary/aromatic N) is 2. The molecule has 1 heterocycles. The topological polar surface area (TPSA) is 36.7 Å².